The Kier molecular flexibility index (Phi) is 8.79. The van der Waals surface area contributed by atoms with Gasteiger partial charge in [-0.05, 0) is 63.1 Å². The van der Waals surface area contributed by atoms with Gasteiger partial charge in [0, 0.05) is 37.6 Å². The van der Waals surface area contributed by atoms with Crippen LogP contribution in [0.5, 0.6) is 0 Å². The molecule has 0 spiro atoms. The predicted octanol–water partition coefficient (Wildman–Crippen LogP) is 3.06. The maximum atomic E-state index is 12.5. The van der Waals surface area contributed by atoms with E-state index < -0.39 is 0 Å². The molecule has 1 saturated heterocycles. The van der Waals surface area contributed by atoms with Crippen molar-refractivity contribution >= 4 is 29.2 Å². The van der Waals surface area contributed by atoms with Crippen LogP contribution in [0.4, 0.5) is 11.4 Å². The zero-order valence-electron chi connectivity index (χ0n) is 20.4. The minimum atomic E-state index is -0.381. The maximum Gasteiger partial charge on any atom is 0.338 e. The highest BCUT2D eigenvalue weighted by Gasteiger charge is 2.21. The minimum absolute atomic E-state index is 0.0238. The molecule has 1 heterocycles. The molecule has 1 aliphatic heterocycles. The molecule has 1 fully saturated rings. The Morgan fingerprint density at radius 3 is 1.82 bits per heavy atom. The number of aryl methyl sites for hydroxylation is 2. The number of carbonyl (C=O) groups excluding carboxylic acids is 3. The van der Waals surface area contributed by atoms with Gasteiger partial charge in [-0.2, -0.15) is 0 Å². The highest BCUT2D eigenvalue weighted by atomic mass is 16.5. The number of ether oxygens (including phenoxy) is 1. The third-order valence-corrected chi connectivity index (χ3v) is 5.69. The van der Waals surface area contributed by atoms with Crippen LogP contribution >= 0.6 is 0 Å². The summed E-state index contributed by atoms with van der Waals surface area (Å²) in [7, 11) is 0. The van der Waals surface area contributed by atoms with Gasteiger partial charge in [-0.3, -0.25) is 19.4 Å². The van der Waals surface area contributed by atoms with Crippen LogP contribution < -0.4 is 10.6 Å². The zero-order chi connectivity index (χ0) is 24.7. The molecule has 0 aromatic heterocycles. The minimum Gasteiger partial charge on any atom is -0.459 e. The molecule has 0 bridgehead atoms. The van der Waals surface area contributed by atoms with E-state index in [-0.39, 0.29) is 30.4 Å². The Hall–Kier alpha value is -3.23. The average molecular weight is 467 g/mol. The van der Waals surface area contributed by atoms with Crippen molar-refractivity contribution in [3.63, 3.8) is 0 Å². The Bertz CT molecular complexity index is 992. The van der Waals surface area contributed by atoms with E-state index in [1.54, 1.807) is 38.1 Å². The number of piperazine rings is 1. The second-order valence-electron chi connectivity index (χ2n) is 8.95. The molecular formula is C26H34N4O4. The number of benzene rings is 2. The fraction of sp³-hybridized carbons (Fsp3) is 0.423. The molecule has 8 nitrogen and oxygen atoms in total. The summed E-state index contributed by atoms with van der Waals surface area (Å²) in [6.07, 6.45) is -0.181. The molecule has 2 N–H and O–H groups in total. The second kappa shape index (κ2) is 11.8. The normalized spacial score (nSPS) is 14.6. The van der Waals surface area contributed by atoms with Gasteiger partial charge in [0.2, 0.25) is 11.8 Å². The summed E-state index contributed by atoms with van der Waals surface area (Å²) in [5.74, 6) is -0.517. The first-order valence-electron chi connectivity index (χ1n) is 11.6. The van der Waals surface area contributed by atoms with Crippen molar-refractivity contribution in [2.24, 2.45) is 0 Å². The predicted molar refractivity (Wildman–Crippen MR) is 133 cm³/mol. The lowest BCUT2D eigenvalue weighted by molar-refractivity contribution is -0.120. The topological polar surface area (TPSA) is 91.0 Å². The SMILES string of the molecule is Cc1cccc(C)c1NC(=O)CN1CCN(CC(=O)Nc2ccc(C(=O)OC(C)C)cc2)CC1. The number of nitrogens with one attached hydrogen (secondary N) is 2. The Morgan fingerprint density at radius 2 is 1.32 bits per heavy atom. The lowest BCUT2D eigenvalue weighted by Crippen LogP contribution is -2.50. The van der Waals surface area contributed by atoms with Crippen LogP contribution in [-0.2, 0) is 14.3 Å². The number of hydrogen-bond acceptors (Lipinski definition) is 6. The summed E-state index contributed by atoms with van der Waals surface area (Å²) in [5.41, 5.74) is 4.06. The molecule has 2 amide bonds. The number of esters is 1. The summed E-state index contributed by atoms with van der Waals surface area (Å²) in [6, 6.07) is 12.6. The van der Waals surface area contributed by atoms with E-state index in [0.717, 1.165) is 29.9 Å². The van der Waals surface area contributed by atoms with Gasteiger partial charge >= 0.3 is 5.97 Å². The standard InChI is InChI=1S/C26H34N4O4/c1-18(2)34-26(33)21-8-10-22(11-9-21)27-23(31)16-29-12-14-30(15-13-29)17-24(32)28-25-19(3)6-5-7-20(25)4/h5-11,18H,12-17H2,1-4H3,(H,27,31)(H,28,32). The van der Waals surface area contributed by atoms with Gasteiger partial charge in [0.05, 0.1) is 24.8 Å². The third-order valence-electron chi connectivity index (χ3n) is 5.69. The molecule has 34 heavy (non-hydrogen) atoms. The monoisotopic (exact) mass is 466 g/mol. The Labute approximate surface area is 201 Å². The highest BCUT2D eigenvalue weighted by molar-refractivity contribution is 5.94. The van der Waals surface area contributed by atoms with Crippen LogP contribution in [0.25, 0.3) is 0 Å². The molecule has 1 aliphatic rings. The van der Waals surface area contributed by atoms with Gasteiger partial charge in [0.15, 0.2) is 0 Å². The molecule has 2 aromatic rings. The molecule has 0 saturated carbocycles. The van der Waals surface area contributed by atoms with Crippen molar-refractivity contribution in [2.45, 2.75) is 33.8 Å². The van der Waals surface area contributed by atoms with E-state index in [1.807, 2.05) is 32.0 Å². The summed E-state index contributed by atoms with van der Waals surface area (Å²) < 4.78 is 5.17. The largest absolute Gasteiger partial charge is 0.459 e. The first-order valence-corrected chi connectivity index (χ1v) is 11.6. The van der Waals surface area contributed by atoms with Gasteiger partial charge in [-0.15, -0.1) is 0 Å². The summed E-state index contributed by atoms with van der Waals surface area (Å²) in [5, 5.41) is 5.90. The first kappa shape index (κ1) is 25.4. The maximum absolute atomic E-state index is 12.5. The van der Waals surface area contributed by atoms with Crippen molar-refractivity contribution in [1.29, 1.82) is 0 Å². The summed E-state index contributed by atoms with van der Waals surface area (Å²) in [4.78, 5) is 41.1. The quantitative estimate of drug-likeness (QED) is 0.581. The molecule has 182 valence electrons. The second-order valence-corrected chi connectivity index (χ2v) is 8.95. The van der Waals surface area contributed by atoms with E-state index in [2.05, 4.69) is 20.4 Å². The average Bonchev–Trinajstić information content (AvgIpc) is 2.78. The smallest absolute Gasteiger partial charge is 0.338 e. The lowest BCUT2D eigenvalue weighted by atomic mass is 10.1. The van der Waals surface area contributed by atoms with E-state index in [0.29, 0.717) is 30.9 Å². The van der Waals surface area contributed by atoms with Crippen LogP contribution in [0.3, 0.4) is 0 Å². The van der Waals surface area contributed by atoms with Crippen molar-refractivity contribution < 1.29 is 19.1 Å². The molecule has 2 aromatic carbocycles. The molecule has 0 atom stereocenters. The Morgan fingerprint density at radius 1 is 0.824 bits per heavy atom. The van der Waals surface area contributed by atoms with Crippen LogP contribution in [0.15, 0.2) is 42.5 Å². The van der Waals surface area contributed by atoms with Gasteiger partial charge in [-0.1, -0.05) is 18.2 Å². The van der Waals surface area contributed by atoms with E-state index in [1.165, 1.54) is 0 Å². The number of amides is 2. The molecular weight excluding hydrogens is 432 g/mol. The number of hydrogen-bond donors (Lipinski definition) is 2. The van der Waals surface area contributed by atoms with Crippen molar-refractivity contribution in [1.82, 2.24) is 9.80 Å². The molecule has 0 unspecified atom stereocenters. The van der Waals surface area contributed by atoms with Crippen molar-refractivity contribution in [2.75, 3.05) is 49.9 Å². The van der Waals surface area contributed by atoms with Gasteiger partial charge < -0.3 is 15.4 Å². The van der Waals surface area contributed by atoms with Crippen LogP contribution in [0, 0.1) is 13.8 Å². The van der Waals surface area contributed by atoms with Crippen molar-refractivity contribution in [3.8, 4) is 0 Å². The van der Waals surface area contributed by atoms with E-state index in [4.69, 9.17) is 4.74 Å². The van der Waals surface area contributed by atoms with Crippen LogP contribution in [0.2, 0.25) is 0 Å². The number of anilines is 2. The van der Waals surface area contributed by atoms with Crippen LogP contribution in [-0.4, -0.2) is 73.0 Å². The lowest BCUT2D eigenvalue weighted by Gasteiger charge is -2.33. The summed E-state index contributed by atoms with van der Waals surface area (Å²) in [6.45, 7) is 11.1. The molecule has 0 radical (unpaired) electrons. The Balaban J connectivity index is 1.40. The molecule has 3 rings (SSSR count). The fourth-order valence-electron chi connectivity index (χ4n) is 3.87. The fourth-order valence-corrected chi connectivity index (χ4v) is 3.87. The number of carbonyl (C=O) groups is 3. The number of para-hydroxylation sites is 1. The number of rotatable bonds is 8. The van der Waals surface area contributed by atoms with Gasteiger partial charge in [0.1, 0.15) is 0 Å². The highest BCUT2D eigenvalue weighted by Crippen LogP contribution is 2.19. The van der Waals surface area contributed by atoms with E-state index in [9.17, 15) is 14.4 Å². The summed E-state index contributed by atoms with van der Waals surface area (Å²) >= 11 is 0. The zero-order valence-corrected chi connectivity index (χ0v) is 20.4. The number of nitrogens with zero attached hydrogens (tertiary/aromatic N) is 2. The molecule has 0 aliphatic carbocycles. The van der Waals surface area contributed by atoms with E-state index >= 15 is 0 Å². The van der Waals surface area contributed by atoms with Gasteiger partial charge in [-0.25, -0.2) is 4.79 Å². The molecule has 8 heteroatoms. The van der Waals surface area contributed by atoms with Crippen LogP contribution in [0.1, 0.15) is 35.3 Å². The first-order chi connectivity index (χ1) is 16.2. The van der Waals surface area contributed by atoms with Gasteiger partial charge in [0.25, 0.3) is 0 Å². The van der Waals surface area contributed by atoms with Crippen molar-refractivity contribution in [3.05, 3.63) is 59.2 Å². The third kappa shape index (κ3) is 7.40.